The van der Waals surface area contributed by atoms with Gasteiger partial charge in [0.2, 0.25) is 0 Å². The molecule has 0 radical (unpaired) electrons. The lowest BCUT2D eigenvalue weighted by atomic mass is 9.99. The summed E-state index contributed by atoms with van der Waals surface area (Å²) in [5, 5.41) is 8.80. The van der Waals surface area contributed by atoms with Crippen molar-refractivity contribution in [2.45, 2.75) is 26.2 Å². The highest BCUT2D eigenvalue weighted by Gasteiger charge is 2.44. The van der Waals surface area contributed by atoms with Gasteiger partial charge in [0.05, 0.1) is 5.56 Å². The minimum Gasteiger partial charge on any atom is -0.478 e. The first kappa shape index (κ1) is 10.8. The average molecular weight is 219 g/mol. The van der Waals surface area contributed by atoms with Gasteiger partial charge < -0.3 is 5.11 Å². The van der Waals surface area contributed by atoms with Crippen LogP contribution in [-0.4, -0.2) is 21.8 Å². The van der Waals surface area contributed by atoms with Gasteiger partial charge >= 0.3 is 5.97 Å². The minimum absolute atomic E-state index is 0.155. The van der Waals surface area contributed by atoms with Gasteiger partial charge in [0, 0.05) is 23.7 Å². The fourth-order valence-corrected chi connectivity index (χ4v) is 1.55. The predicted molar refractivity (Wildman–Crippen MR) is 57.2 cm³/mol. The van der Waals surface area contributed by atoms with Gasteiger partial charge in [-0.05, 0) is 25.0 Å². The molecule has 1 aromatic rings. The first-order chi connectivity index (χ1) is 7.51. The highest BCUT2D eigenvalue weighted by Crippen LogP contribution is 2.46. The number of hydrogen-bond donors (Lipinski definition) is 1. The molecule has 0 aromatic carbocycles. The summed E-state index contributed by atoms with van der Waals surface area (Å²) in [6, 6.07) is 2.89. The summed E-state index contributed by atoms with van der Waals surface area (Å²) < 4.78 is 0. The van der Waals surface area contributed by atoms with Crippen LogP contribution in [0.15, 0.2) is 18.3 Å². The second kappa shape index (κ2) is 3.70. The Bertz CT molecular complexity index is 449. The Kier molecular flexibility index (Phi) is 2.50. The third kappa shape index (κ3) is 2.10. The van der Waals surface area contributed by atoms with Crippen LogP contribution in [-0.2, 0) is 11.2 Å². The zero-order chi connectivity index (χ0) is 11.8. The second-order valence-corrected chi connectivity index (χ2v) is 4.50. The van der Waals surface area contributed by atoms with Crippen molar-refractivity contribution in [2.24, 2.45) is 5.41 Å². The molecule has 1 aromatic heterocycles. The summed E-state index contributed by atoms with van der Waals surface area (Å²) in [6.45, 7) is 1.94. The van der Waals surface area contributed by atoms with E-state index in [2.05, 4.69) is 4.98 Å². The van der Waals surface area contributed by atoms with Gasteiger partial charge in [-0.25, -0.2) is 4.79 Å². The fraction of sp³-hybridized carbons (Fsp3) is 0.417. The molecule has 4 heteroatoms. The number of carbonyl (C=O) groups excluding carboxylic acids is 1. The molecular weight excluding hydrogens is 206 g/mol. The van der Waals surface area contributed by atoms with E-state index in [1.807, 2.05) is 6.92 Å². The number of Topliss-reactive ketones (excluding diaryl/α,β-unsaturated/α-hetero) is 1. The molecule has 0 amide bonds. The van der Waals surface area contributed by atoms with Crippen LogP contribution in [0.1, 0.15) is 35.8 Å². The Labute approximate surface area is 93.3 Å². The maximum Gasteiger partial charge on any atom is 0.335 e. The van der Waals surface area contributed by atoms with Crippen LogP contribution < -0.4 is 0 Å². The Morgan fingerprint density at radius 3 is 2.75 bits per heavy atom. The Morgan fingerprint density at radius 1 is 1.50 bits per heavy atom. The van der Waals surface area contributed by atoms with Crippen molar-refractivity contribution < 1.29 is 14.7 Å². The van der Waals surface area contributed by atoms with E-state index in [1.165, 1.54) is 18.3 Å². The summed E-state index contributed by atoms with van der Waals surface area (Å²) in [5.41, 5.74) is 0.540. The molecule has 1 aliphatic rings. The predicted octanol–water partition coefficient (Wildman–Crippen LogP) is 1.69. The van der Waals surface area contributed by atoms with Gasteiger partial charge in [0.25, 0.3) is 0 Å². The molecule has 1 aliphatic carbocycles. The molecule has 0 unspecified atom stereocenters. The molecule has 0 saturated heterocycles. The van der Waals surface area contributed by atoms with E-state index in [9.17, 15) is 9.59 Å². The number of aromatic carboxylic acids is 1. The van der Waals surface area contributed by atoms with E-state index in [4.69, 9.17) is 5.11 Å². The van der Waals surface area contributed by atoms with Gasteiger partial charge in [-0.2, -0.15) is 0 Å². The third-order valence-corrected chi connectivity index (χ3v) is 3.08. The quantitative estimate of drug-likeness (QED) is 0.836. The lowest BCUT2D eigenvalue weighted by molar-refractivity contribution is -0.122. The number of aromatic nitrogens is 1. The van der Waals surface area contributed by atoms with Crippen LogP contribution in [0.2, 0.25) is 0 Å². The largest absolute Gasteiger partial charge is 0.478 e. The summed E-state index contributed by atoms with van der Waals surface area (Å²) in [5.74, 6) is -0.837. The van der Waals surface area contributed by atoms with Crippen LogP contribution >= 0.6 is 0 Å². The van der Waals surface area contributed by atoms with Gasteiger partial charge in [0.1, 0.15) is 5.78 Å². The van der Waals surface area contributed by atoms with Gasteiger partial charge in [-0.3, -0.25) is 9.78 Å². The van der Waals surface area contributed by atoms with E-state index in [-0.39, 0.29) is 23.2 Å². The molecule has 0 bridgehead atoms. The lowest BCUT2D eigenvalue weighted by Crippen LogP contribution is -2.15. The zero-order valence-corrected chi connectivity index (χ0v) is 9.06. The smallest absolute Gasteiger partial charge is 0.335 e. The van der Waals surface area contributed by atoms with Crippen LogP contribution in [0, 0.1) is 5.41 Å². The Hall–Kier alpha value is -1.71. The van der Waals surface area contributed by atoms with Crippen molar-refractivity contribution in [3.63, 3.8) is 0 Å². The molecule has 16 heavy (non-hydrogen) atoms. The lowest BCUT2D eigenvalue weighted by Gasteiger charge is -2.06. The molecule has 1 saturated carbocycles. The molecule has 1 fully saturated rings. The zero-order valence-electron chi connectivity index (χ0n) is 9.06. The molecule has 0 spiro atoms. The SMILES string of the molecule is CC1(C(=O)Cc2cc(C(=O)O)ccn2)CC1. The highest BCUT2D eigenvalue weighted by molar-refractivity contribution is 5.90. The van der Waals surface area contributed by atoms with E-state index in [0.717, 1.165) is 12.8 Å². The topological polar surface area (TPSA) is 67.3 Å². The summed E-state index contributed by atoms with van der Waals surface area (Å²) in [7, 11) is 0. The van der Waals surface area contributed by atoms with Crippen molar-refractivity contribution in [1.29, 1.82) is 0 Å². The molecule has 1 N–H and O–H groups in total. The van der Waals surface area contributed by atoms with Gasteiger partial charge in [0.15, 0.2) is 0 Å². The van der Waals surface area contributed by atoms with Crippen LogP contribution in [0.4, 0.5) is 0 Å². The first-order valence-electron chi connectivity index (χ1n) is 5.23. The monoisotopic (exact) mass is 219 g/mol. The molecule has 84 valence electrons. The van der Waals surface area contributed by atoms with Gasteiger partial charge in [-0.1, -0.05) is 6.92 Å². The summed E-state index contributed by atoms with van der Waals surface area (Å²) in [6.07, 6.45) is 3.54. The molecular formula is C12H13NO3. The number of carboxylic acid groups (broad SMARTS) is 1. The Morgan fingerprint density at radius 2 is 2.19 bits per heavy atom. The van der Waals surface area contributed by atoms with Gasteiger partial charge in [-0.15, -0.1) is 0 Å². The number of pyridine rings is 1. The third-order valence-electron chi connectivity index (χ3n) is 3.08. The summed E-state index contributed by atoms with van der Waals surface area (Å²) >= 11 is 0. The number of ketones is 1. The molecule has 1 heterocycles. The molecule has 0 aliphatic heterocycles. The van der Waals surface area contributed by atoms with Crippen molar-refractivity contribution in [1.82, 2.24) is 4.98 Å². The normalized spacial score (nSPS) is 16.8. The molecule has 4 nitrogen and oxygen atoms in total. The number of carbonyl (C=O) groups is 2. The molecule has 2 rings (SSSR count). The maximum atomic E-state index is 11.8. The fourth-order valence-electron chi connectivity index (χ4n) is 1.55. The van der Waals surface area contributed by atoms with Crippen molar-refractivity contribution in [3.8, 4) is 0 Å². The standard InChI is InChI=1S/C12H13NO3/c1-12(3-4-12)10(14)7-9-6-8(11(15)16)2-5-13-9/h2,5-6H,3-4,7H2,1H3,(H,15,16). The number of carboxylic acids is 1. The van der Waals surface area contributed by atoms with Crippen LogP contribution in [0.25, 0.3) is 0 Å². The number of rotatable bonds is 4. The maximum absolute atomic E-state index is 11.8. The van der Waals surface area contributed by atoms with E-state index >= 15 is 0 Å². The van der Waals surface area contributed by atoms with E-state index in [1.54, 1.807) is 0 Å². The summed E-state index contributed by atoms with van der Waals surface area (Å²) in [4.78, 5) is 26.5. The van der Waals surface area contributed by atoms with Crippen LogP contribution in [0.3, 0.4) is 0 Å². The average Bonchev–Trinajstić information content (AvgIpc) is 2.98. The minimum atomic E-state index is -0.992. The molecule has 0 atom stereocenters. The Balaban J connectivity index is 2.12. The highest BCUT2D eigenvalue weighted by atomic mass is 16.4. The van der Waals surface area contributed by atoms with Crippen molar-refractivity contribution in [3.05, 3.63) is 29.6 Å². The second-order valence-electron chi connectivity index (χ2n) is 4.50. The van der Waals surface area contributed by atoms with Crippen LogP contribution in [0.5, 0.6) is 0 Å². The van der Waals surface area contributed by atoms with Crippen molar-refractivity contribution in [2.75, 3.05) is 0 Å². The van der Waals surface area contributed by atoms with E-state index in [0.29, 0.717) is 5.69 Å². The van der Waals surface area contributed by atoms with E-state index < -0.39 is 5.97 Å². The first-order valence-corrected chi connectivity index (χ1v) is 5.23. The van der Waals surface area contributed by atoms with Crippen molar-refractivity contribution >= 4 is 11.8 Å². The number of nitrogens with zero attached hydrogens (tertiary/aromatic N) is 1. The number of hydrogen-bond acceptors (Lipinski definition) is 3.